The molecule has 8 nitrogen and oxygen atoms in total. The smallest absolute Gasteiger partial charge is 0.168 e. The molecule has 1 aliphatic carbocycles. The summed E-state index contributed by atoms with van der Waals surface area (Å²) in [6, 6.07) is 8.55. The van der Waals surface area contributed by atoms with Crippen LogP contribution in [0.5, 0.6) is 0 Å². The largest absolute Gasteiger partial charge is 0.385 e. The van der Waals surface area contributed by atoms with Crippen molar-refractivity contribution >= 4 is 29.2 Å². The van der Waals surface area contributed by atoms with Gasteiger partial charge in [-0.2, -0.15) is 0 Å². The van der Waals surface area contributed by atoms with Gasteiger partial charge in [-0.15, -0.1) is 0 Å². The van der Waals surface area contributed by atoms with Gasteiger partial charge in [0.15, 0.2) is 6.29 Å². The lowest BCUT2D eigenvalue weighted by Crippen LogP contribution is -2.49. The second-order valence-electron chi connectivity index (χ2n) is 10.0. The van der Waals surface area contributed by atoms with Gasteiger partial charge in [0.1, 0.15) is 17.3 Å². The van der Waals surface area contributed by atoms with Crippen LogP contribution in [0, 0.1) is 17.1 Å². The molecule has 1 aromatic heterocycles. The first-order valence-electron chi connectivity index (χ1n) is 14.7. The highest BCUT2D eigenvalue weighted by atomic mass is 19.1. The summed E-state index contributed by atoms with van der Waals surface area (Å²) in [6.07, 6.45) is 5.92. The Morgan fingerprint density at radius 3 is 2.38 bits per heavy atom. The first kappa shape index (κ1) is 31.6. The number of aldehydes is 1. The number of benzene rings is 1. The Kier molecular flexibility index (Phi) is 13.0. The summed E-state index contributed by atoms with van der Waals surface area (Å²) < 4.78 is 23.9. The van der Waals surface area contributed by atoms with Gasteiger partial charge in [0.2, 0.25) is 0 Å². The number of nitrogens with one attached hydrogen (secondary N) is 2. The van der Waals surface area contributed by atoms with Crippen LogP contribution in [-0.2, 0) is 9.47 Å². The van der Waals surface area contributed by atoms with Gasteiger partial charge in [0.05, 0.1) is 24.5 Å². The van der Waals surface area contributed by atoms with Gasteiger partial charge in [-0.1, -0.05) is 26.3 Å². The molecule has 40 heavy (non-hydrogen) atoms. The predicted molar refractivity (Wildman–Crippen MR) is 160 cm³/mol. The lowest BCUT2D eigenvalue weighted by Gasteiger charge is -2.41. The van der Waals surface area contributed by atoms with E-state index < -0.39 is 0 Å². The van der Waals surface area contributed by atoms with Crippen molar-refractivity contribution in [2.75, 3.05) is 63.3 Å². The van der Waals surface area contributed by atoms with Crippen molar-refractivity contribution in [3.05, 3.63) is 47.4 Å². The van der Waals surface area contributed by atoms with Crippen LogP contribution in [0.4, 0.5) is 21.6 Å². The summed E-state index contributed by atoms with van der Waals surface area (Å²) in [4.78, 5) is 21.2. The summed E-state index contributed by atoms with van der Waals surface area (Å²) >= 11 is 0. The molecule has 0 spiro atoms. The SMILES string of the molecule is CC.CCOC.N=C(c1c(N2CCC(N3CCOCC3)CC2)cc(C=O)nc1Nc1cccc(F)c1)C1CCC1. The lowest BCUT2D eigenvalue weighted by atomic mass is 9.79. The third-order valence-electron chi connectivity index (χ3n) is 7.67. The number of methoxy groups -OCH3 is 1. The standard InChI is InChI=1S/C26H32FN5O2.C3H8O.C2H6/c27-19-5-2-6-20(15-19)29-26-24(25(28)18-3-1-4-18)23(16-21(17-33)30-26)32-9-7-22(8-10-32)31-11-13-34-14-12-31;1-3-4-2;1-2/h2,5-6,15-18,22,28H,1,3-4,7-14H2,(H,29,30);3H2,1-2H3;1-2H3. The summed E-state index contributed by atoms with van der Waals surface area (Å²) in [6.45, 7) is 12.0. The Labute approximate surface area is 238 Å². The van der Waals surface area contributed by atoms with Crippen LogP contribution in [0.3, 0.4) is 0 Å². The summed E-state index contributed by atoms with van der Waals surface area (Å²) in [5.74, 6) is 0.302. The molecule has 0 radical (unpaired) electrons. The Morgan fingerprint density at radius 2 is 1.82 bits per heavy atom. The van der Waals surface area contributed by atoms with Gasteiger partial charge < -0.3 is 25.1 Å². The fraction of sp³-hybridized carbons (Fsp3) is 0.581. The molecule has 3 heterocycles. The van der Waals surface area contributed by atoms with E-state index in [4.69, 9.17) is 10.1 Å². The summed E-state index contributed by atoms with van der Waals surface area (Å²) in [5, 5.41) is 12.2. The van der Waals surface area contributed by atoms with Crippen LogP contribution >= 0.6 is 0 Å². The maximum Gasteiger partial charge on any atom is 0.168 e. The normalized spacial score (nSPS) is 18.0. The minimum Gasteiger partial charge on any atom is -0.385 e. The van der Waals surface area contributed by atoms with Crippen LogP contribution in [0.25, 0.3) is 0 Å². The molecule has 0 atom stereocenters. The number of aromatic nitrogens is 1. The molecule has 0 bridgehead atoms. The van der Waals surface area contributed by atoms with E-state index in [9.17, 15) is 9.18 Å². The number of pyridine rings is 1. The third kappa shape index (κ3) is 8.32. The zero-order valence-corrected chi connectivity index (χ0v) is 24.5. The van der Waals surface area contributed by atoms with Crippen LogP contribution in [0.1, 0.15) is 68.9 Å². The Balaban J connectivity index is 0.000000677. The average molecular weight is 556 g/mol. The Bertz CT molecular complexity index is 1080. The van der Waals surface area contributed by atoms with E-state index >= 15 is 0 Å². The second kappa shape index (κ2) is 16.4. The van der Waals surface area contributed by atoms with Gasteiger partial charge in [-0.25, -0.2) is 9.37 Å². The van der Waals surface area contributed by atoms with Crippen LogP contribution in [-0.4, -0.2) is 81.0 Å². The van der Waals surface area contributed by atoms with Gasteiger partial charge in [-0.05, 0) is 56.9 Å². The molecule has 3 aliphatic rings. The molecule has 3 fully saturated rings. The number of morpholine rings is 1. The molecule has 2 saturated heterocycles. The number of nitrogens with zero attached hydrogens (tertiary/aromatic N) is 3. The number of anilines is 3. The molecule has 0 amide bonds. The number of rotatable bonds is 8. The van der Waals surface area contributed by atoms with Crippen molar-refractivity contribution in [2.45, 2.75) is 58.9 Å². The van der Waals surface area contributed by atoms with Crippen LogP contribution < -0.4 is 10.2 Å². The van der Waals surface area contributed by atoms with E-state index in [0.717, 1.165) is 95.6 Å². The maximum atomic E-state index is 13.8. The molecule has 1 aromatic carbocycles. The summed E-state index contributed by atoms with van der Waals surface area (Å²) in [7, 11) is 1.68. The van der Waals surface area contributed by atoms with Gasteiger partial charge in [-0.3, -0.25) is 9.69 Å². The third-order valence-corrected chi connectivity index (χ3v) is 7.67. The number of carbonyl (C=O) groups is 1. The number of carbonyl (C=O) groups excluding carboxylic acids is 1. The highest BCUT2D eigenvalue weighted by Crippen LogP contribution is 2.38. The fourth-order valence-electron chi connectivity index (χ4n) is 5.24. The highest BCUT2D eigenvalue weighted by Gasteiger charge is 2.32. The van der Waals surface area contributed by atoms with E-state index in [1.165, 1.54) is 12.1 Å². The van der Waals surface area contributed by atoms with E-state index in [2.05, 4.69) is 24.8 Å². The topological polar surface area (TPSA) is 90.8 Å². The monoisotopic (exact) mass is 555 g/mol. The molecule has 2 aromatic rings. The minimum absolute atomic E-state index is 0.196. The molecule has 2 N–H and O–H groups in total. The van der Waals surface area contributed by atoms with Gasteiger partial charge >= 0.3 is 0 Å². The van der Waals surface area contributed by atoms with Crippen LogP contribution in [0.2, 0.25) is 0 Å². The highest BCUT2D eigenvalue weighted by molar-refractivity contribution is 6.10. The zero-order chi connectivity index (χ0) is 28.9. The van der Waals surface area contributed by atoms with Gasteiger partial charge in [0.25, 0.3) is 0 Å². The fourth-order valence-corrected chi connectivity index (χ4v) is 5.24. The molecule has 220 valence electrons. The van der Waals surface area contributed by atoms with Crippen molar-refractivity contribution < 1.29 is 18.7 Å². The van der Waals surface area contributed by atoms with Crippen molar-refractivity contribution in [3.8, 4) is 0 Å². The van der Waals surface area contributed by atoms with Crippen molar-refractivity contribution in [2.24, 2.45) is 5.92 Å². The molecule has 1 saturated carbocycles. The van der Waals surface area contributed by atoms with Gasteiger partial charge in [0, 0.05) is 63.3 Å². The van der Waals surface area contributed by atoms with E-state index in [1.807, 2.05) is 26.8 Å². The first-order chi connectivity index (χ1) is 19.5. The molecule has 9 heteroatoms. The minimum atomic E-state index is -0.349. The molecule has 5 rings (SSSR count). The number of hydrogen-bond donors (Lipinski definition) is 2. The predicted octanol–water partition coefficient (Wildman–Crippen LogP) is 5.92. The average Bonchev–Trinajstić information content (AvgIpc) is 2.97. The number of ether oxygens (including phenoxy) is 2. The first-order valence-corrected chi connectivity index (χ1v) is 14.7. The van der Waals surface area contributed by atoms with Crippen LogP contribution in [0.15, 0.2) is 30.3 Å². The Morgan fingerprint density at radius 1 is 1.15 bits per heavy atom. The zero-order valence-electron chi connectivity index (χ0n) is 24.5. The van der Waals surface area contributed by atoms with Crippen molar-refractivity contribution in [1.29, 1.82) is 5.41 Å². The number of hydrogen-bond acceptors (Lipinski definition) is 8. The lowest BCUT2D eigenvalue weighted by molar-refractivity contribution is 0.0115. The Hall–Kier alpha value is -2.88. The molecular weight excluding hydrogens is 509 g/mol. The number of halogens is 1. The van der Waals surface area contributed by atoms with Crippen molar-refractivity contribution in [1.82, 2.24) is 9.88 Å². The van der Waals surface area contributed by atoms with E-state index in [1.54, 1.807) is 19.2 Å². The quantitative estimate of drug-likeness (QED) is 0.308. The maximum absolute atomic E-state index is 13.8. The number of piperidine rings is 1. The molecular formula is C31H46FN5O3. The van der Waals surface area contributed by atoms with E-state index in [-0.39, 0.29) is 11.7 Å². The summed E-state index contributed by atoms with van der Waals surface area (Å²) in [5.41, 5.74) is 3.04. The van der Waals surface area contributed by atoms with E-state index in [0.29, 0.717) is 29.0 Å². The molecule has 2 aliphatic heterocycles. The van der Waals surface area contributed by atoms with Crippen molar-refractivity contribution in [3.63, 3.8) is 0 Å². The second-order valence-corrected chi connectivity index (χ2v) is 10.0. The molecule has 0 unspecified atom stereocenters.